The zero-order chi connectivity index (χ0) is 15.4. The van der Waals surface area contributed by atoms with Gasteiger partial charge in [0.15, 0.2) is 0 Å². The van der Waals surface area contributed by atoms with Gasteiger partial charge in [0.2, 0.25) is 0 Å². The predicted molar refractivity (Wildman–Crippen MR) is 77.1 cm³/mol. The van der Waals surface area contributed by atoms with Crippen LogP contribution in [0.1, 0.15) is 35.3 Å². The van der Waals surface area contributed by atoms with Gasteiger partial charge in [0.05, 0.1) is 18.3 Å². The lowest BCUT2D eigenvalue weighted by atomic mass is 10.1. The molecule has 1 aromatic carbocycles. The van der Waals surface area contributed by atoms with Gasteiger partial charge in [-0.1, -0.05) is 6.07 Å². The number of aromatic carboxylic acids is 1. The Bertz CT molecular complexity index is 542. The minimum atomic E-state index is -0.952. The molecule has 6 heteroatoms. The van der Waals surface area contributed by atoms with Crippen LogP contribution in [-0.2, 0) is 17.8 Å². The molecular weight excluding hydrogens is 272 g/mol. The third-order valence-corrected chi connectivity index (χ3v) is 3.29. The van der Waals surface area contributed by atoms with Crippen LogP contribution in [0, 0.1) is 0 Å². The number of carbonyl (C=O) groups is 2. The smallest absolute Gasteiger partial charge is 0.335 e. The molecule has 0 unspecified atom stereocenters. The van der Waals surface area contributed by atoms with E-state index in [1.54, 1.807) is 23.1 Å². The van der Waals surface area contributed by atoms with Gasteiger partial charge in [-0.25, -0.2) is 9.59 Å². The molecule has 0 aliphatic carbocycles. The molecule has 0 spiro atoms. The number of carboxylic acids is 1. The topological polar surface area (TPSA) is 78.9 Å². The van der Waals surface area contributed by atoms with Crippen LogP contribution >= 0.6 is 0 Å². The van der Waals surface area contributed by atoms with Gasteiger partial charge in [-0.05, 0) is 37.1 Å². The normalized spacial score (nSPS) is 13.4. The van der Waals surface area contributed by atoms with Crippen molar-refractivity contribution >= 4 is 12.0 Å². The molecule has 21 heavy (non-hydrogen) atoms. The number of hydrogen-bond acceptors (Lipinski definition) is 3. The van der Waals surface area contributed by atoms with Crippen molar-refractivity contribution in [1.82, 2.24) is 10.2 Å². The van der Waals surface area contributed by atoms with Crippen molar-refractivity contribution in [2.24, 2.45) is 0 Å². The Labute approximate surface area is 123 Å². The molecule has 0 fully saturated rings. The van der Waals surface area contributed by atoms with E-state index in [0.29, 0.717) is 26.2 Å². The second-order valence-corrected chi connectivity index (χ2v) is 5.30. The number of carbonyl (C=O) groups excluding carboxylic acids is 1. The van der Waals surface area contributed by atoms with E-state index in [1.165, 1.54) is 0 Å². The van der Waals surface area contributed by atoms with Gasteiger partial charge in [0.1, 0.15) is 0 Å². The van der Waals surface area contributed by atoms with Crippen LogP contribution in [0.3, 0.4) is 0 Å². The molecule has 0 saturated heterocycles. The van der Waals surface area contributed by atoms with Gasteiger partial charge in [-0.15, -0.1) is 0 Å². The monoisotopic (exact) mass is 292 g/mol. The van der Waals surface area contributed by atoms with Gasteiger partial charge >= 0.3 is 12.0 Å². The summed E-state index contributed by atoms with van der Waals surface area (Å²) in [5, 5.41) is 11.8. The van der Waals surface area contributed by atoms with Gasteiger partial charge in [-0.2, -0.15) is 0 Å². The first-order valence-corrected chi connectivity index (χ1v) is 6.97. The zero-order valence-corrected chi connectivity index (χ0v) is 12.3. The third-order valence-electron chi connectivity index (χ3n) is 3.29. The fourth-order valence-corrected chi connectivity index (χ4v) is 2.24. The molecule has 0 bridgehead atoms. The Kier molecular flexibility index (Phi) is 4.80. The highest BCUT2D eigenvalue weighted by Crippen LogP contribution is 2.23. The SMILES string of the molecule is CC(C)OCCNC(=O)N1Cc2ccc(C(=O)O)cc2C1. The first kappa shape index (κ1) is 15.3. The minimum absolute atomic E-state index is 0.146. The van der Waals surface area contributed by atoms with Crippen molar-refractivity contribution in [3.8, 4) is 0 Å². The number of ether oxygens (including phenoxy) is 1. The first-order valence-electron chi connectivity index (χ1n) is 6.97. The highest BCUT2D eigenvalue weighted by atomic mass is 16.5. The fourth-order valence-electron chi connectivity index (χ4n) is 2.24. The molecule has 2 N–H and O–H groups in total. The molecule has 0 aromatic heterocycles. The zero-order valence-electron chi connectivity index (χ0n) is 12.3. The highest BCUT2D eigenvalue weighted by Gasteiger charge is 2.23. The molecule has 1 aliphatic heterocycles. The summed E-state index contributed by atoms with van der Waals surface area (Å²) in [6, 6.07) is 4.82. The maximum atomic E-state index is 12.0. The maximum Gasteiger partial charge on any atom is 0.335 e. The minimum Gasteiger partial charge on any atom is -0.478 e. The number of carboxylic acid groups (broad SMARTS) is 1. The maximum absolute atomic E-state index is 12.0. The molecule has 1 heterocycles. The summed E-state index contributed by atoms with van der Waals surface area (Å²) >= 11 is 0. The Morgan fingerprint density at radius 2 is 2.05 bits per heavy atom. The van der Waals surface area contributed by atoms with Crippen molar-refractivity contribution in [3.05, 3.63) is 34.9 Å². The standard InChI is InChI=1S/C15H20N2O4/c1-10(2)21-6-5-16-15(20)17-8-12-4-3-11(14(18)19)7-13(12)9-17/h3-4,7,10H,5-6,8-9H2,1-2H3,(H,16,20)(H,18,19). The van der Waals surface area contributed by atoms with E-state index in [0.717, 1.165) is 11.1 Å². The number of benzene rings is 1. The van der Waals surface area contributed by atoms with Crippen LogP contribution in [0.2, 0.25) is 0 Å². The Morgan fingerprint density at radius 1 is 1.33 bits per heavy atom. The Morgan fingerprint density at radius 3 is 2.71 bits per heavy atom. The van der Waals surface area contributed by atoms with E-state index < -0.39 is 5.97 Å². The molecule has 1 aromatic rings. The van der Waals surface area contributed by atoms with E-state index in [2.05, 4.69) is 5.32 Å². The number of nitrogens with one attached hydrogen (secondary N) is 1. The van der Waals surface area contributed by atoms with Crippen LogP contribution in [0.5, 0.6) is 0 Å². The predicted octanol–water partition coefficient (Wildman–Crippen LogP) is 1.83. The Hall–Kier alpha value is -2.08. The Balaban J connectivity index is 1.87. The summed E-state index contributed by atoms with van der Waals surface area (Å²) in [5.41, 5.74) is 2.14. The van der Waals surface area contributed by atoms with Crippen molar-refractivity contribution < 1.29 is 19.4 Å². The number of amides is 2. The quantitative estimate of drug-likeness (QED) is 0.812. The first-order chi connectivity index (χ1) is 9.97. The summed E-state index contributed by atoms with van der Waals surface area (Å²) in [6.45, 7) is 5.77. The average Bonchev–Trinajstić information content (AvgIpc) is 2.85. The second-order valence-electron chi connectivity index (χ2n) is 5.30. The van der Waals surface area contributed by atoms with Crippen molar-refractivity contribution in [2.75, 3.05) is 13.2 Å². The molecule has 1 aliphatic rings. The summed E-state index contributed by atoms with van der Waals surface area (Å²) in [7, 11) is 0. The van der Waals surface area contributed by atoms with E-state index in [4.69, 9.17) is 9.84 Å². The molecule has 6 nitrogen and oxygen atoms in total. The van der Waals surface area contributed by atoms with Crippen LogP contribution in [0.4, 0.5) is 4.79 Å². The molecule has 0 atom stereocenters. The van der Waals surface area contributed by atoms with Crippen molar-refractivity contribution in [1.29, 1.82) is 0 Å². The number of rotatable bonds is 5. The van der Waals surface area contributed by atoms with Crippen molar-refractivity contribution in [2.45, 2.75) is 33.0 Å². The summed E-state index contributed by atoms with van der Waals surface area (Å²) < 4.78 is 5.36. The van der Waals surface area contributed by atoms with Crippen LogP contribution < -0.4 is 5.32 Å². The number of urea groups is 1. The summed E-state index contributed by atoms with van der Waals surface area (Å²) in [5.74, 6) is -0.952. The van der Waals surface area contributed by atoms with Gasteiger partial charge < -0.3 is 20.1 Å². The second kappa shape index (κ2) is 6.58. The van der Waals surface area contributed by atoms with Gasteiger partial charge in [-0.3, -0.25) is 0 Å². The lowest BCUT2D eigenvalue weighted by Crippen LogP contribution is -2.38. The average molecular weight is 292 g/mol. The summed E-state index contributed by atoms with van der Waals surface area (Å²) in [4.78, 5) is 24.6. The largest absolute Gasteiger partial charge is 0.478 e. The van der Waals surface area contributed by atoms with E-state index >= 15 is 0 Å². The number of fused-ring (bicyclic) bond motifs is 1. The van der Waals surface area contributed by atoms with Crippen molar-refractivity contribution in [3.63, 3.8) is 0 Å². The van der Waals surface area contributed by atoms with Crippen LogP contribution in [0.25, 0.3) is 0 Å². The van der Waals surface area contributed by atoms with Gasteiger partial charge in [0.25, 0.3) is 0 Å². The lowest BCUT2D eigenvalue weighted by molar-refractivity contribution is 0.0696. The lowest BCUT2D eigenvalue weighted by Gasteiger charge is -2.16. The molecule has 2 amide bonds. The van der Waals surface area contributed by atoms with Crippen LogP contribution in [-0.4, -0.2) is 41.3 Å². The molecule has 2 rings (SSSR count). The molecule has 0 radical (unpaired) electrons. The van der Waals surface area contributed by atoms with Gasteiger partial charge in [0, 0.05) is 19.6 Å². The number of hydrogen-bond donors (Lipinski definition) is 2. The van der Waals surface area contributed by atoms with E-state index in [1.807, 2.05) is 13.8 Å². The molecule has 114 valence electrons. The highest BCUT2D eigenvalue weighted by molar-refractivity contribution is 5.88. The number of nitrogens with zero attached hydrogens (tertiary/aromatic N) is 1. The summed E-state index contributed by atoms with van der Waals surface area (Å²) in [6.07, 6.45) is 0.146. The fraction of sp³-hybridized carbons (Fsp3) is 0.467. The molecular formula is C15H20N2O4. The van der Waals surface area contributed by atoms with E-state index in [9.17, 15) is 9.59 Å². The van der Waals surface area contributed by atoms with Crippen LogP contribution in [0.15, 0.2) is 18.2 Å². The molecule has 0 saturated carbocycles. The van der Waals surface area contributed by atoms with E-state index in [-0.39, 0.29) is 17.7 Å². The third kappa shape index (κ3) is 3.95.